The van der Waals surface area contributed by atoms with Gasteiger partial charge in [-0.3, -0.25) is 0 Å². The molecule has 2 heteroatoms. The lowest BCUT2D eigenvalue weighted by Gasteiger charge is -2.25. The normalized spacial score (nSPS) is 18.8. The topological polar surface area (TPSA) is 3.24 Å². The summed E-state index contributed by atoms with van der Waals surface area (Å²) in [6.07, 6.45) is 1.31. The van der Waals surface area contributed by atoms with Gasteiger partial charge in [-0.1, -0.05) is 20.8 Å². The molecule has 0 N–H and O–H groups in total. The molecule has 0 radical (unpaired) electrons. The monoisotopic (exact) mass is 175 g/mol. The van der Waals surface area contributed by atoms with Crippen LogP contribution in [0.15, 0.2) is 0 Å². The first-order valence-corrected chi connectivity index (χ1v) is 5.89. The minimum absolute atomic E-state index is 1.31. The fourth-order valence-corrected chi connectivity index (χ4v) is 2.12. The Hall–Kier alpha value is 0.310. The highest BCUT2D eigenvalue weighted by Crippen LogP contribution is 2.08. The summed E-state index contributed by atoms with van der Waals surface area (Å²) in [5, 5.41) is 0. The van der Waals surface area contributed by atoms with Crippen molar-refractivity contribution in [3.8, 4) is 0 Å². The molecule has 0 amide bonds. The van der Waals surface area contributed by atoms with Gasteiger partial charge in [0.1, 0.15) is 0 Å². The molecule has 1 nitrogen and oxygen atoms in total. The maximum absolute atomic E-state index is 2.55. The van der Waals surface area contributed by atoms with Crippen molar-refractivity contribution < 1.29 is 0 Å². The van der Waals surface area contributed by atoms with Gasteiger partial charge in [-0.25, -0.2) is 0 Å². The fourth-order valence-electron chi connectivity index (χ4n) is 1.14. The SMILES string of the molecule is CC.CCCN1CCSCC1. The van der Waals surface area contributed by atoms with Crippen molar-refractivity contribution >= 4 is 11.8 Å². The van der Waals surface area contributed by atoms with Crippen LogP contribution in [-0.2, 0) is 0 Å². The van der Waals surface area contributed by atoms with Crippen LogP contribution in [-0.4, -0.2) is 36.0 Å². The van der Waals surface area contributed by atoms with Gasteiger partial charge < -0.3 is 4.90 Å². The molecule has 0 spiro atoms. The minimum atomic E-state index is 1.31. The second-order valence-electron chi connectivity index (χ2n) is 2.45. The van der Waals surface area contributed by atoms with Crippen molar-refractivity contribution in [2.75, 3.05) is 31.1 Å². The Labute approximate surface area is 75.5 Å². The molecule has 0 aliphatic carbocycles. The first kappa shape index (κ1) is 11.3. The molecule has 0 aromatic carbocycles. The predicted octanol–water partition coefficient (Wildman–Crippen LogP) is 2.47. The van der Waals surface area contributed by atoms with E-state index in [0.717, 1.165) is 0 Å². The van der Waals surface area contributed by atoms with Crippen molar-refractivity contribution in [1.82, 2.24) is 4.90 Å². The van der Waals surface area contributed by atoms with Crippen LogP contribution < -0.4 is 0 Å². The summed E-state index contributed by atoms with van der Waals surface area (Å²) >= 11 is 2.08. The Balaban J connectivity index is 0.000000461. The van der Waals surface area contributed by atoms with E-state index < -0.39 is 0 Å². The third-order valence-electron chi connectivity index (χ3n) is 1.64. The van der Waals surface area contributed by atoms with Crippen LogP contribution in [0.1, 0.15) is 27.2 Å². The second kappa shape index (κ2) is 8.41. The fraction of sp³-hybridized carbons (Fsp3) is 1.00. The van der Waals surface area contributed by atoms with Crippen molar-refractivity contribution in [1.29, 1.82) is 0 Å². The molecule has 0 aromatic rings. The van der Waals surface area contributed by atoms with Crippen molar-refractivity contribution in [3.63, 3.8) is 0 Å². The van der Waals surface area contributed by atoms with Crippen LogP contribution in [0.3, 0.4) is 0 Å². The first-order chi connectivity index (χ1) is 5.43. The van der Waals surface area contributed by atoms with Gasteiger partial charge in [0.05, 0.1) is 0 Å². The number of hydrogen-bond donors (Lipinski definition) is 0. The van der Waals surface area contributed by atoms with Crippen LogP contribution in [0.25, 0.3) is 0 Å². The number of thioether (sulfide) groups is 1. The number of hydrogen-bond acceptors (Lipinski definition) is 2. The average Bonchev–Trinajstić information content (AvgIpc) is 2.11. The first-order valence-electron chi connectivity index (χ1n) is 4.73. The molecule has 1 fully saturated rings. The van der Waals surface area contributed by atoms with Gasteiger partial charge in [0.2, 0.25) is 0 Å². The highest BCUT2D eigenvalue weighted by Gasteiger charge is 2.07. The summed E-state index contributed by atoms with van der Waals surface area (Å²) in [6.45, 7) is 10.2. The molecule has 0 saturated carbocycles. The zero-order valence-electron chi connectivity index (χ0n) is 8.10. The Kier molecular flexibility index (Phi) is 8.64. The molecule has 1 heterocycles. The number of rotatable bonds is 2. The van der Waals surface area contributed by atoms with Crippen LogP contribution in [0.4, 0.5) is 0 Å². The zero-order valence-corrected chi connectivity index (χ0v) is 8.91. The summed E-state index contributed by atoms with van der Waals surface area (Å²) in [7, 11) is 0. The van der Waals surface area contributed by atoms with Gasteiger partial charge in [-0.15, -0.1) is 0 Å². The van der Waals surface area contributed by atoms with Crippen LogP contribution in [0, 0.1) is 0 Å². The molecule has 1 saturated heterocycles. The van der Waals surface area contributed by atoms with E-state index in [2.05, 4.69) is 23.6 Å². The predicted molar refractivity (Wildman–Crippen MR) is 55.4 cm³/mol. The summed E-state index contributed by atoms with van der Waals surface area (Å²) in [4.78, 5) is 2.55. The van der Waals surface area contributed by atoms with E-state index in [1.54, 1.807) is 0 Å². The summed E-state index contributed by atoms with van der Waals surface area (Å²) < 4.78 is 0. The maximum Gasteiger partial charge on any atom is 0.00727 e. The van der Waals surface area contributed by atoms with E-state index in [0.29, 0.717) is 0 Å². The molecular formula is C9H21NS. The molecule has 1 rings (SSSR count). The molecule has 0 unspecified atom stereocenters. The second-order valence-corrected chi connectivity index (χ2v) is 3.68. The largest absolute Gasteiger partial charge is 0.302 e. The lowest BCUT2D eigenvalue weighted by atomic mass is 10.4. The molecule has 0 atom stereocenters. The third-order valence-corrected chi connectivity index (χ3v) is 2.59. The molecule has 1 aliphatic heterocycles. The average molecular weight is 175 g/mol. The van der Waals surface area contributed by atoms with Gasteiger partial charge in [-0.05, 0) is 13.0 Å². The van der Waals surface area contributed by atoms with Crippen molar-refractivity contribution in [2.24, 2.45) is 0 Å². The summed E-state index contributed by atoms with van der Waals surface area (Å²) in [5.74, 6) is 2.69. The standard InChI is InChI=1S/C7H15NS.C2H6/c1-2-3-8-4-6-9-7-5-8;1-2/h2-7H2,1H3;1-2H3. The van der Waals surface area contributed by atoms with E-state index in [9.17, 15) is 0 Å². The lowest BCUT2D eigenvalue weighted by molar-refractivity contribution is 0.303. The minimum Gasteiger partial charge on any atom is -0.302 e. The Morgan fingerprint density at radius 2 is 1.73 bits per heavy atom. The Bertz CT molecular complexity index is 67.2. The van der Waals surface area contributed by atoms with Crippen LogP contribution >= 0.6 is 11.8 Å². The van der Waals surface area contributed by atoms with Gasteiger partial charge in [0.15, 0.2) is 0 Å². The molecular weight excluding hydrogens is 154 g/mol. The van der Waals surface area contributed by atoms with Crippen molar-refractivity contribution in [2.45, 2.75) is 27.2 Å². The smallest absolute Gasteiger partial charge is 0.00727 e. The molecule has 1 aliphatic rings. The Morgan fingerprint density at radius 3 is 2.18 bits per heavy atom. The van der Waals surface area contributed by atoms with Gasteiger partial charge >= 0.3 is 0 Å². The van der Waals surface area contributed by atoms with E-state index in [1.807, 2.05) is 13.8 Å². The highest BCUT2D eigenvalue weighted by atomic mass is 32.2. The van der Waals surface area contributed by atoms with E-state index in [-0.39, 0.29) is 0 Å². The van der Waals surface area contributed by atoms with E-state index in [1.165, 1.54) is 37.6 Å². The van der Waals surface area contributed by atoms with E-state index in [4.69, 9.17) is 0 Å². The third kappa shape index (κ3) is 5.57. The van der Waals surface area contributed by atoms with Crippen LogP contribution in [0.5, 0.6) is 0 Å². The summed E-state index contributed by atoms with van der Waals surface area (Å²) in [6, 6.07) is 0. The number of nitrogens with zero attached hydrogens (tertiary/aromatic N) is 1. The highest BCUT2D eigenvalue weighted by molar-refractivity contribution is 7.99. The van der Waals surface area contributed by atoms with Crippen molar-refractivity contribution in [3.05, 3.63) is 0 Å². The van der Waals surface area contributed by atoms with E-state index >= 15 is 0 Å². The molecule has 0 bridgehead atoms. The zero-order chi connectivity index (χ0) is 8.53. The lowest BCUT2D eigenvalue weighted by Crippen LogP contribution is -2.32. The van der Waals surface area contributed by atoms with Gasteiger partial charge in [0, 0.05) is 24.6 Å². The summed E-state index contributed by atoms with van der Waals surface area (Å²) in [5.41, 5.74) is 0. The quantitative estimate of drug-likeness (QED) is 0.634. The molecule has 11 heavy (non-hydrogen) atoms. The Morgan fingerprint density at radius 1 is 1.18 bits per heavy atom. The maximum atomic E-state index is 2.55. The van der Waals surface area contributed by atoms with Gasteiger partial charge in [0.25, 0.3) is 0 Å². The van der Waals surface area contributed by atoms with Gasteiger partial charge in [-0.2, -0.15) is 11.8 Å². The molecule has 0 aromatic heterocycles. The van der Waals surface area contributed by atoms with Crippen LogP contribution in [0.2, 0.25) is 0 Å². The molecule has 68 valence electrons.